The summed E-state index contributed by atoms with van der Waals surface area (Å²) in [5.41, 5.74) is 2.81. The molecule has 0 aliphatic carbocycles. The monoisotopic (exact) mass is 165 g/mol. The Morgan fingerprint density at radius 3 is 3.08 bits per heavy atom. The molecule has 0 aromatic carbocycles. The van der Waals surface area contributed by atoms with Gasteiger partial charge in [0.2, 0.25) is 0 Å². The normalized spacial score (nSPS) is 17.8. The van der Waals surface area contributed by atoms with Crippen LogP contribution in [0.4, 0.5) is 0 Å². The number of likely N-dealkylation sites (N-methyl/N-ethyl adjacent to an activating group) is 1. The van der Waals surface area contributed by atoms with Crippen LogP contribution in [0.5, 0.6) is 0 Å². The van der Waals surface area contributed by atoms with Crippen LogP contribution in [-0.2, 0) is 19.5 Å². The van der Waals surface area contributed by atoms with Crippen LogP contribution in [0.15, 0.2) is 6.20 Å². The average molecular weight is 165 g/mol. The largest absolute Gasteiger partial charge is 0.299 e. The van der Waals surface area contributed by atoms with Crippen molar-refractivity contribution in [1.29, 1.82) is 0 Å². The van der Waals surface area contributed by atoms with Crippen LogP contribution in [0.3, 0.4) is 0 Å². The molecule has 1 aliphatic heterocycles. The van der Waals surface area contributed by atoms with Gasteiger partial charge in [0.25, 0.3) is 0 Å². The van der Waals surface area contributed by atoms with Crippen molar-refractivity contribution in [2.45, 2.75) is 26.4 Å². The molecule has 0 spiro atoms. The summed E-state index contributed by atoms with van der Waals surface area (Å²) in [6.07, 6.45) is 3.11. The molecule has 2 rings (SSSR count). The molecule has 66 valence electrons. The second-order valence-electron chi connectivity index (χ2n) is 3.43. The summed E-state index contributed by atoms with van der Waals surface area (Å²) in [6.45, 7) is 5.42. The Labute approximate surface area is 73.0 Å². The molecule has 0 unspecified atom stereocenters. The van der Waals surface area contributed by atoms with Gasteiger partial charge in [0.15, 0.2) is 0 Å². The molecule has 2 heterocycles. The first-order chi connectivity index (χ1) is 5.81. The molecule has 0 saturated heterocycles. The van der Waals surface area contributed by atoms with E-state index in [-0.39, 0.29) is 0 Å². The van der Waals surface area contributed by atoms with Gasteiger partial charge >= 0.3 is 0 Å². The number of hydrogen-bond acceptors (Lipinski definition) is 2. The first-order valence-electron chi connectivity index (χ1n) is 4.53. The molecule has 1 aliphatic rings. The minimum atomic E-state index is 1.05. The third-order valence-corrected chi connectivity index (χ3v) is 2.53. The molecule has 0 fully saturated rings. The quantitative estimate of drug-likeness (QED) is 0.616. The predicted octanol–water partition coefficient (Wildman–Crippen LogP) is 0.891. The Balaban J connectivity index is 2.34. The van der Waals surface area contributed by atoms with Crippen LogP contribution in [-0.4, -0.2) is 28.3 Å². The SMILES string of the molecule is CCc1cnn2c1CN(C)CC2. The number of fused-ring (bicyclic) bond motifs is 1. The first kappa shape index (κ1) is 7.80. The van der Waals surface area contributed by atoms with Crippen LogP contribution in [0.25, 0.3) is 0 Å². The summed E-state index contributed by atoms with van der Waals surface area (Å²) in [7, 11) is 2.16. The van der Waals surface area contributed by atoms with Crippen molar-refractivity contribution >= 4 is 0 Å². The number of aromatic nitrogens is 2. The van der Waals surface area contributed by atoms with Crippen molar-refractivity contribution in [1.82, 2.24) is 14.7 Å². The number of nitrogens with zero attached hydrogens (tertiary/aromatic N) is 3. The zero-order valence-corrected chi connectivity index (χ0v) is 7.75. The fourth-order valence-corrected chi connectivity index (χ4v) is 1.72. The maximum atomic E-state index is 4.35. The van der Waals surface area contributed by atoms with E-state index in [4.69, 9.17) is 0 Å². The van der Waals surface area contributed by atoms with E-state index < -0.39 is 0 Å². The zero-order chi connectivity index (χ0) is 8.55. The molecule has 3 nitrogen and oxygen atoms in total. The lowest BCUT2D eigenvalue weighted by molar-refractivity contribution is 0.258. The molecule has 1 aromatic heterocycles. The van der Waals surface area contributed by atoms with Crippen molar-refractivity contribution in [3.05, 3.63) is 17.5 Å². The third kappa shape index (κ3) is 1.14. The summed E-state index contributed by atoms with van der Waals surface area (Å²) in [5.74, 6) is 0. The van der Waals surface area contributed by atoms with Gasteiger partial charge in [0.1, 0.15) is 0 Å². The van der Waals surface area contributed by atoms with Gasteiger partial charge in [0.05, 0.1) is 18.4 Å². The van der Waals surface area contributed by atoms with Gasteiger partial charge in [-0.1, -0.05) is 6.92 Å². The van der Waals surface area contributed by atoms with E-state index >= 15 is 0 Å². The standard InChI is InChI=1S/C9H15N3/c1-3-8-6-10-12-5-4-11(2)7-9(8)12/h6H,3-5,7H2,1-2H3. The predicted molar refractivity (Wildman–Crippen MR) is 47.9 cm³/mol. The Kier molecular flexibility index (Phi) is 1.89. The van der Waals surface area contributed by atoms with Crippen LogP contribution in [0, 0.1) is 0 Å². The smallest absolute Gasteiger partial charge is 0.0556 e. The Morgan fingerprint density at radius 1 is 1.50 bits per heavy atom. The van der Waals surface area contributed by atoms with E-state index in [9.17, 15) is 0 Å². The summed E-state index contributed by atoms with van der Waals surface area (Å²) >= 11 is 0. The van der Waals surface area contributed by atoms with Crippen LogP contribution >= 0.6 is 0 Å². The lowest BCUT2D eigenvalue weighted by atomic mass is 10.2. The molecule has 0 atom stereocenters. The van der Waals surface area contributed by atoms with Crippen molar-refractivity contribution in [2.24, 2.45) is 0 Å². The number of aryl methyl sites for hydroxylation is 1. The minimum absolute atomic E-state index is 1.05. The molecule has 1 aromatic rings. The lowest BCUT2D eigenvalue weighted by Crippen LogP contribution is -2.31. The van der Waals surface area contributed by atoms with Gasteiger partial charge < -0.3 is 0 Å². The van der Waals surface area contributed by atoms with E-state index in [1.54, 1.807) is 0 Å². The molecule has 12 heavy (non-hydrogen) atoms. The first-order valence-corrected chi connectivity index (χ1v) is 4.53. The number of rotatable bonds is 1. The van der Waals surface area contributed by atoms with Crippen molar-refractivity contribution in [3.8, 4) is 0 Å². The maximum Gasteiger partial charge on any atom is 0.0556 e. The van der Waals surface area contributed by atoms with Gasteiger partial charge in [-0.2, -0.15) is 5.10 Å². The molecule has 0 radical (unpaired) electrons. The van der Waals surface area contributed by atoms with Gasteiger partial charge in [-0.15, -0.1) is 0 Å². The topological polar surface area (TPSA) is 21.1 Å². The second-order valence-corrected chi connectivity index (χ2v) is 3.43. The van der Waals surface area contributed by atoms with Gasteiger partial charge in [0, 0.05) is 13.1 Å². The van der Waals surface area contributed by atoms with Crippen molar-refractivity contribution in [2.75, 3.05) is 13.6 Å². The van der Waals surface area contributed by atoms with E-state index in [0.717, 1.165) is 26.1 Å². The highest BCUT2D eigenvalue weighted by Gasteiger charge is 2.16. The zero-order valence-electron chi connectivity index (χ0n) is 7.75. The van der Waals surface area contributed by atoms with Gasteiger partial charge in [-0.05, 0) is 19.0 Å². The third-order valence-electron chi connectivity index (χ3n) is 2.53. The fourth-order valence-electron chi connectivity index (χ4n) is 1.72. The molecule has 0 bridgehead atoms. The molecule has 0 saturated carbocycles. The van der Waals surface area contributed by atoms with Gasteiger partial charge in [-0.25, -0.2) is 0 Å². The van der Waals surface area contributed by atoms with Crippen molar-refractivity contribution < 1.29 is 0 Å². The summed E-state index contributed by atoms with van der Waals surface area (Å²) in [5, 5.41) is 4.35. The Hall–Kier alpha value is -0.830. The number of hydrogen-bond donors (Lipinski definition) is 0. The van der Waals surface area contributed by atoms with Crippen LogP contribution in [0.1, 0.15) is 18.2 Å². The summed E-state index contributed by atoms with van der Waals surface area (Å²) < 4.78 is 2.14. The average Bonchev–Trinajstić information content (AvgIpc) is 2.46. The highest BCUT2D eigenvalue weighted by atomic mass is 15.3. The fraction of sp³-hybridized carbons (Fsp3) is 0.667. The van der Waals surface area contributed by atoms with Crippen molar-refractivity contribution in [3.63, 3.8) is 0 Å². The Bertz CT molecular complexity index is 264. The van der Waals surface area contributed by atoms with Gasteiger partial charge in [-0.3, -0.25) is 9.58 Å². The molecular weight excluding hydrogens is 150 g/mol. The molecular formula is C9H15N3. The highest BCUT2D eigenvalue weighted by Crippen LogP contribution is 2.15. The van der Waals surface area contributed by atoms with E-state index in [1.165, 1.54) is 11.3 Å². The Morgan fingerprint density at radius 2 is 2.33 bits per heavy atom. The second kappa shape index (κ2) is 2.90. The lowest BCUT2D eigenvalue weighted by Gasteiger charge is -2.24. The van der Waals surface area contributed by atoms with Crippen LogP contribution < -0.4 is 0 Å². The van der Waals surface area contributed by atoms with E-state index in [2.05, 4.69) is 28.7 Å². The maximum absolute atomic E-state index is 4.35. The molecule has 0 N–H and O–H groups in total. The summed E-state index contributed by atoms with van der Waals surface area (Å²) in [4.78, 5) is 2.34. The minimum Gasteiger partial charge on any atom is -0.299 e. The molecule has 3 heteroatoms. The van der Waals surface area contributed by atoms with E-state index in [0.29, 0.717) is 0 Å². The van der Waals surface area contributed by atoms with E-state index in [1.807, 2.05) is 6.20 Å². The van der Waals surface area contributed by atoms with Crippen LogP contribution in [0.2, 0.25) is 0 Å². The summed E-state index contributed by atoms with van der Waals surface area (Å²) in [6, 6.07) is 0. The highest BCUT2D eigenvalue weighted by molar-refractivity contribution is 5.18. The molecule has 0 amide bonds.